The van der Waals surface area contributed by atoms with E-state index in [4.69, 9.17) is 18.9 Å². The van der Waals surface area contributed by atoms with Crippen LogP contribution in [0.4, 0.5) is 4.79 Å². The number of rotatable bonds is 9. The summed E-state index contributed by atoms with van der Waals surface area (Å²) in [5.74, 6) is -0.701. The number of nitrogens with one attached hydrogen (secondary N) is 1. The van der Waals surface area contributed by atoms with Crippen molar-refractivity contribution < 1.29 is 38.1 Å². The number of likely N-dealkylation sites (tertiary alicyclic amines) is 1. The topological polar surface area (TPSA) is 133 Å². The fraction of sp³-hybridized carbons (Fsp3) is 0.483. The number of amides is 2. The normalized spacial score (nSPS) is 23.5. The molecule has 1 aliphatic heterocycles. The van der Waals surface area contributed by atoms with Gasteiger partial charge in [-0.25, -0.2) is 14.6 Å². The molecule has 2 fully saturated rings. The molecule has 4 unspecified atom stereocenters. The van der Waals surface area contributed by atoms with Gasteiger partial charge in [-0.15, -0.1) is 6.58 Å². The second kappa shape index (κ2) is 11.7. The number of pyridine rings is 1. The quantitative estimate of drug-likeness (QED) is 0.190. The number of carbonyl (C=O) groups excluding carboxylic acids is 4. The van der Waals surface area contributed by atoms with E-state index in [1.54, 1.807) is 51.1 Å². The highest BCUT2D eigenvalue weighted by molar-refractivity contribution is 9.09. The average molecular weight is 633 g/mol. The Bertz CT molecular complexity index is 1390. The second-order valence-corrected chi connectivity index (χ2v) is 11.6. The number of hydrogen-bond acceptors (Lipinski definition) is 9. The summed E-state index contributed by atoms with van der Waals surface area (Å²) in [5.41, 5.74) is -1.35. The molecule has 0 radical (unpaired) electrons. The number of aromatic nitrogens is 1. The number of alkyl halides is 1. The molecule has 2 amide bonds. The highest BCUT2D eigenvalue weighted by atomic mass is 79.9. The van der Waals surface area contributed by atoms with Crippen LogP contribution in [0.15, 0.2) is 36.9 Å². The zero-order chi connectivity index (χ0) is 30.1. The van der Waals surface area contributed by atoms with Crippen molar-refractivity contribution in [1.29, 1.82) is 0 Å². The Kier molecular flexibility index (Phi) is 8.62. The van der Waals surface area contributed by atoms with Gasteiger partial charge in [0.2, 0.25) is 5.91 Å². The molecule has 1 saturated heterocycles. The average Bonchev–Trinajstić information content (AvgIpc) is 3.48. The van der Waals surface area contributed by atoms with Gasteiger partial charge in [0.05, 0.1) is 31.6 Å². The smallest absolute Gasteiger partial charge is 0.411 e. The van der Waals surface area contributed by atoms with Crippen LogP contribution >= 0.6 is 15.9 Å². The van der Waals surface area contributed by atoms with Crippen molar-refractivity contribution in [2.24, 2.45) is 5.92 Å². The van der Waals surface area contributed by atoms with Crippen molar-refractivity contribution in [1.82, 2.24) is 15.2 Å². The van der Waals surface area contributed by atoms with E-state index >= 15 is 0 Å². The number of ketones is 1. The highest BCUT2D eigenvalue weighted by Crippen LogP contribution is 2.45. The second-order valence-electron chi connectivity index (χ2n) is 11.1. The van der Waals surface area contributed by atoms with Crippen LogP contribution in [0.3, 0.4) is 0 Å². The number of methoxy groups -OCH3 is 2. The molecule has 11 nitrogen and oxygen atoms in total. The van der Waals surface area contributed by atoms with Crippen molar-refractivity contribution in [3.05, 3.63) is 42.6 Å². The van der Waals surface area contributed by atoms with Gasteiger partial charge in [0.15, 0.2) is 5.78 Å². The van der Waals surface area contributed by atoms with Crippen LogP contribution in [0, 0.1) is 5.92 Å². The summed E-state index contributed by atoms with van der Waals surface area (Å²) in [5, 5.41) is 3.50. The van der Waals surface area contributed by atoms with Gasteiger partial charge in [-0.2, -0.15) is 0 Å². The van der Waals surface area contributed by atoms with Crippen molar-refractivity contribution >= 4 is 50.6 Å². The summed E-state index contributed by atoms with van der Waals surface area (Å²) in [6, 6.07) is 5.78. The zero-order valence-electron chi connectivity index (χ0n) is 23.7. The van der Waals surface area contributed by atoms with Crippen LogP contribution in [0.2, 0.25) is 0 Å². The van der Waals surface area contributed by atoms with Crippen molar-refractivity contribution in [2.75, 3.05) is 26.1 Å². The number of nitrogens with zero attached hydrogens (tertiary/aromatic N) is 2. The van der Waals surface area contributed by atoms with Gasteiger partial charge in [-0.1, -0.05) is 22.0 Å². The first kappa shape index (κ1) is 30.3. The number of benzene rings is 1. The molecular formula is C29H34BrN3O8. The van der Waals surface area contributed by atoms with Crippen LogP contribution in [0.25, 0.3) is 10.9 Å². The molecule has 1 aromatic carbocycles. The number of esters is 1. The van der Waals surface area contributed by atoms with Gasteiger partial charge in [-0.05, 0) is 39.3 Å². The van der Waals surface area contributed by atoms with E-state index in [1.165, 1.54) is 19.1 Å². The molecule has 1 aliphatic carbocycles. The zero-order valence-corrected chi connectivity index (χ0v) is 25.3. The van der Waals surface area contributed by atoms with E-state index in [-0.39, 0.29) is 35.7 Å². The number of halogens is 1. The summed E-state index contributed by atoms with van der Waals surface area (Å²) >= 11 is 3.18. The molecular weight excluding hydrogens is 598 g/mol. The molecule has 0 bridgehead atoms. The lowest BCUT2D eigenvalue weighted by Crippen LogP contribution is -2.53. The van der Waals surface area contributed by atoms with Crippen LogP contribution < -0.4 is 14.8 Å². The van der Waals surface area contributed by atoms with Crippen LogP contribution in [-0.2, 0) is 19.1 Å². The summed E-state index contributed by atoms with van der Waals surface area (Å²) < 4.78 is 22.2. The lowest BCUT2D eigenvalue weighted by Gasteiger charge is -2.28. The monoisotopic (exact) mass is 631 g/mol. The number of ether oxygens (including phenoxy) is 4. The summed E-state index contributed by atoms with van der Waals surface area (Å²) in [6.07, 6.45) is 0.736. The maximum atomic E-state index is 13.6. The van der Waals surface area contributed by atoms with Crippen LogP contribution in [0.5, 0.6) is 11.5 Å². The predicted molar refractivity (Wildman–Crippen MR) is 153 cm³/mol. The molecule has 0 spiro atoms. The first-order valence-corrected chi connectivity index (χ1v) is 14.2. The van der Waals surface area contributed by atoms with E-state index in [0.29, 0.717) is 28.8 Å². The Morgan fingerprint density at radius 1 is 1.22 bits per heavy atom. The third-order valence-electron chi connectivity index (χ3n) is 7.07. The molecule has 2 heterocycles. The Morgan fingerprint density at radius 2 is 1.95 bits per heavy atom. The van der Waals surface area contributed by atoms with Gasteiger partial charge < -0.3 is 24.3 Å². The van der Waals surface area contributed by atoms with E-state index in [9.17, 15) is 19.2 Å². The first-order valence-electron chi connectivity index (χ1n) is 13.1. The molecule has 220 valence electrons. The fourth-order valence-electron chi connectivity index (χ4n) is 4.93. The van der Waals surface area contributed by atoms with Crippen molar-refractivity contribution in [3.63, 3.8) is 0 Å². The SMILES string of the molecule is C=CC1CC1(NC(=O)C1CC(Oc2cc(C(=O)CBr)nc3cc(OC)ccc23)CN1C(=O)OC(C)(C)C)C(=O)OC. The molecule has 2 aromatic rings. The van der Waals surface area contributed by atoms with E-state index < -0.39 is 41.3 Å². The molecule has 2 aliphatic rings. The number of fused-ring (bicyclic) bond motifs is 1. The maximum Gasteiger partial charge on any atom is 0.411 e. The van der Waals surface area contributed by atoms with Gasteiger partial charge in [-0.3, -0.25) is 14.5 Å². The van der Waals surface area contributed by atoms with E-state index in [0.717, 1.165) is 0 Å². The largest absolute Gasteiger partial charge is 0.497 e. The lowest BCUT2D eigenvalue weighted by molar-refractivity contribution is -0.147. The van der Waals surface area contributed by atoms with Crippen LogP contribution in [-0.4, -0.2) is 83.0 Å². The molecule has 4 rings (SSSR count). The lowest BCUT2D eigenvalue weighted by atomic mass is 10.1. The highest BCUT2D eigenvalue weighted by Gasteiger charge is 2.62. The fourth-order valence-corrected chi connectivity index (χ4v) is 5.22. The summed E-state index contributed by atoms with van der Waals surface area (Å²) in [4.78, 5) is 57.6. The van der Waals surface area contributed by atoms with Gasteiger partial charge >= 0.3 is 12.1 Å². The molecule has 1 N–H and O–H groups in total. The minimum atomic E-state index is -1.22. The molecule has 12 heteroatoms. The first-order chi connectivity index (χ1) is 19.3. The maximum absolute atomic E-state index is 13.6. The predicted octanol–water partition coefficient (Wildman–Crippen LogP) is 3.81. The van der Waals surface area contributed by atoms with Gasteiger partial charge in [0.25, 0.3) is 0 Å². The van der Waals surface area contributed by atoms with Crippen LogP contribution in [0.1, 0.15) is 44.1 Å². The molecule has 41 heavy (non-hydrogen) atoms. The summed E-state index contributed by atoms with van der Waals surface area (Å²) in [6.45, 7) is 8.97. The minimum Gasteiger partial charge on any atom is -0.497 e. The van der Waals surface area contributed by atoms with Crippen molar-refractivity contribution in [2.45, 2.75) is 56.9 Å². The third kappa shape index (κ3) is 6.32. The van der Waals surface area contributed by atoms with Crippen molar-refractivity contribution in [3.8, 4) is 11.5 Å². The Balaban J connectivity index is 1.65. The molecule has 1 aromatic heterocycles. The third-order valence-corrected chi connectivity index (χ3v) is 7.58. The number of Topliss-reactive ketones (excluding diaryl/α,β-unsaturated/α-hetero) is 1. The van der Waals surface area contributed by atoms with Gasteiger partial charge in [0.1, 0.15) is 40.5 Å². The Hall–Kier alpha value is -3.67. The Labute approximate surface area is 246 Å². The van der Waals surface area contributed by atoms with E-state index in [1.807, 2.05) is 0 Å². The minimum absolute atomic E-state index is 0.0325. The number of hydrogen-bond donors (Lipinski definition) is 1. The molecule has 4 atom stereocenters. The number of carbonyl (C=O) groups is 4. The van der Waals surface area contributed by atoms with Gasteiger partial charge in [0, 0.05) is 29.9 Å². The summed E-state index contributed by atoms with van der Waals surface area (Å²) in [7, 11) is 2.79. The molecule has 1 saturated carbocycles. The standard InChI is InChI=1S/C29H34BrN3O8/c1-7-16-13-29(16,26(36)39-6)32-25(35)22-11-18(15-33(22)27(37)41-28(2,3)4)40-24-12-21(23(34)14-30)31-20-10-17(38-5)8-9-19(20)24/h7-10,12,16,18,22H,1,11,13-15H2,2-6H3,(H,32,35). The van der Waals surface area contributed by atoms with E-state index in [2.05, 4.69) is 32.8 Å². The Morgan fingerprint density at radius 3 is 2.54 bits per heavy atom.